The highest BCUT2D eigenvalue weighted by molar-refractivity contribution is 8.18. The maximum atomic E-state index is 11.3. The summed E-state index contributed by atoms with van der Waals surface area (Å²) < 4.78 is 5.32. The Balaban J connectivity index is 2.34. The average molecular weight is 223 g/mol. The van der Waals surface area contributed by atoms with E-state index in [0.717, 1.165) is 28.8 Å². The Morgan fingerprint density at radius 3 is 2.60 bits per heavy atom. The van der Waals surface area contributed by atoms with Crippen LogP contribution in [0.25, 0.3) is 6.08 Å². The number of carbonyl (C=O) groups is 2. The van der Waals surface area contributed by atoms with E-state index >= 15 is 0 Å². The van der Waals surface area contributed by atoms with E-state index < -0.39 is 0 Å². The van der Waals surface area contributed by atoms with E-state index in [2.05, 4.69) is 5.32 Å². The number of furan rings is 1. The molecule has 15 heavy (non-hydrogen) atoms. The summed E-state index contributed by atoms with van der Waals surface area (Å²) in [5, 5.41) is 1.87. The fraction of sp³-hybridized carbons (Fsp3) is 0.200. The van der Waals surface area contributed by atoms with Crippen molar-refractivity contribution in [2.45, 2.75) is 13.8 Å². The molecular formula is C10H9NO3S. The van der Waals surface area contributed by atoms with Crippen LogP contribution in [0.3, 0.4) is 0 Å². The molecule has 4 nitrogen and oxygen atoms in total. The molecule has 1 aliphatic heterocycles. The molecule has 1 aromatic heterocycles. The zero-order valence-electron chi connectivity index (χ0n) is 8.29. The van der Waals surface area contributed by atoms with Crippen LogP contribution in [0.2, 0.25) is 0 Å². The monoisotopic (exact) mass is 223 g/mol. The predicted molar refractivity (Wildman–Crippen MR) is 57.3 cm³/mol. The molecule has 1 aliphatic rings. The van der Waals surface area contributed by atoms with Crippen LogP contribution < -0.4 is 5.32 Å². The molecule has 2 amide bonds. The third-order valence-corrected chi connectivity index (χ3v) is 2.82. The third-order valence-electron chi connectivity index (χ3n) is 2.01. The lowest BCUT2D eigenvalue weighted by Crippen LogP contribution is -2.17. The SMILES string of the molecule is Cc1cc(/C=C2/SC(=O)NC2=O)c(C)o1. The number of imide groups is 1. The smallest absolute Gasteiger partial charge is 0.290 e. The Hall–Kier alpha value is -1.49. The van der Waals surface area contributed by atoms with Crippen LogP contribution in [0.1, 0.15) is 17.1 Å². The first kappa shape index (κ1) is 10.0. The van der Waals surface area contributed by atoms with Crippen molar-refractivity contribution in [2.24, 2.45) is 0 Å². The van der Waals surface area contributed by atoms with E-state index in [1.165, 1.54) is 0 Å². The molecule has 1 aromatic rings. The van der Waals surface area contributed by atoms with Crippen LogP contribution in [0.15, 0.2) is 15.4 Å². The Morgan fingerprint density at radius 2 is 2.13 bits per heavy atom. The van der Waals surface area contributed by atoms with Gasteiger partial charge in [-0.05, 0) is 37.8 Å². The molecule has 0 saturated carbocycles. The third kappa shape index (κ3) is 1.97. The highest BCUT2D eigenvalue weighted by atomic mass is 32.2. The summed E-state index contributed by atoms with van der Waals surface area (Å²) in [7, 11) is 0. The Labute approximate surface area is 90.7 Å². The first-order valence-corrected chi connectivity index (χ1v) is 5.20. The Kier molecular flexibility index (Phi) is 2.40. The lowest BCUT2D eigenvalue weighted by Gasteiger charge is -1.90. The van der Waals surface area contributed by atoms with Gasteiger partial charge in [0, 0.05) is 5.56 Å². The van der Waals surface area contributed by atoms with Gasteiger partial charge in [-0.1, -0.05) is 0 Å². The minimum absolute atomic E-state index is 0.330. The number of aryl methyl sites for hydroxylation is 2. The molecule has 0 aliphatic carbocycles. The Morgan fingerprint density at radius 1 is 1.40 bits per heavy atom. The summed E-state index contributed by atoms with van der Waals surface area (Å²) in [6.07, 6.45) is 1.66. The summed E-state index contributed by atoms with van der Waals surface area (Å²) in [6, 6.07) is 1.83. The van der Waals surface area contributed by atoms with E-state index in [-0.39, 0.29) is 11.1 Å². The number of carbonyl (C=O) groups excluding carboxylic acids is 2. The van der Waals surface area contributed by atoms with Crippen molar-refractivity contribution in [1.29, 1.82) is 0 Å². The van der Waals surface area contributed by atoms with Crippen LogP contribution >= 0.6 is 11.8 Å². The molecule has 5 heteroatoms. The fourth-order valence-corrected chi connectivity index (χ4v) is 2.03. The van der Waals surface area contributed by atoms with Crippen LogP contribution in [-0.2, 0) is 4.79 Å². The van der Waals surface area contributed by atoms with Crippen LogP contribution in [-0.4, -0.2) is 11.1 Å². The minimum Gasteiger partial charge on any atom is -0.466 e. The maximum absolute atomic E-state index is 11.3. The second kappa shape index (κ2) is 3.58. The molecule has 1 N–H and O–H groups in total. The Bertz CT molecular complexity index is 473. The first-order valence-electron chi connectivity index (χ1n) is 4.38. The van der Waals surface area contributed by atoms with E-state index in [1.807, 2.05) is 19.9 Å². The molecule has 0 bridgehead atoms. The average Bonchev–Trinajstić information content (AvgIpc) is 2.58. The molecule has 1 saturated heterocycles. The van der Waals surface area contributed by atoms with Crippen molar-refractivity contribution in [1.82, 2.24) is 5.32 Å². The largest absolute Gasteiger partial charge is 0.466 e. The molecule has 78 valence electrons. The first-order chi connectivity index (χ1) is 7.06. The normalized spacial score (nSPS) is 18.7. The fourth-order valence-electron chi connectivity index (χ4n) is 1.36. The molecule has 0 radical (unpaired) electrons. The molecular weight excluding hydrogens is 214 g/mol. The van der Waals surface area contributed by atoms with E-state index in [4.69, 9.17) is 4.42 Å². The van der Waals surface area contributed by atoms with Crippen molar-refractivity contribution >= 4 is 29.0 Å². The molecule has 0 aromatic carbocycles. The van der Waals surface area contributed by atoms with Crippen molar-refractivity contribution in [3.05, 3.63) is 28.1 Å². The van der Waals surface area contributed by atoms with Gasteiger partial charge in [0.15, 0.2) is 0 Å². The number of thioether (sulfide) groups is 1. The van der Waals surface area contributed by atoms with Gasteiger partial charge in [0.05, 0.1) is 4.91 Å². The van der Waals surface area contributed by atoms with Gasteiger partial charge in [-0.15, -0.1) is 0 Å². The molecule has 0 atom stereocenters. The second-order valence-electron chi connectivity index (χ2n) is 3.22. The summed E-state index contributed by atoms with van der Waals surface area (Å²) in [5.41, 5.74) is 0.833. The van der Waals surface area contributed by atoms with E-state index in [0.29, 0.717) is 4.91 Å². The van der Waals surface area contributed by atoms with Crippen molar-refractivity contribution in [3.63, 3.8) is 0 Å². The van der Waals surface area contributed by atoms with Gasteiger partial charge < -0.3 is 4.42 Å². The number of hydrogen-bond donors (Lipinski definition) is 1. The highest BCUT2D eigenvalue weighted by Gasteiger charge is 2.25. The van der Waals surface area contributed by atoms with Crippen LogP contribution in [0.5, 0.6) is 0 Å². The quantitative estimate of drug-likeness (QED) is 0.741. The molecule has 2 rings (SSSR count). The summed E-state index contributed by atoms with van der Waals surface area (Å²) in [5.74, 6) is 1.19. The number of nitrogens with one attached hydrogen (secondary N) is 1. The van der Waals surface area contributed by atoms with Crippen LogP contribution in [0, 0.1) is 13.8 Å². The summed E-state index contributed by atoms with van der Waals surface area (Å²) in [6.45, 7) is 3.65. The van der Waals surface area contributed by atoms with Gasteiger partial charge in [-0.25, -0.2) is 0 Å². The van der Waals surface area contributed by atoms with Gasteiger partial charge in [-0.2, -0.15) is 0 Å². The van der Waals surface area contributed by atoms with Crippen molar-refractivity contribution < 1.29 is 14.0 Å². The van der Waals surface area contributed by atoms with Gasteiger partial charge in [0.25, 0.3) is 11.1 Å². The lowest BCUT2D eigenvalue weighted by atomic mass is 10.2. The standard InChI is InChI=1S/C10H9NO3S/c1-5-3-7(6(2)14-5)4-8-9(12)11-10(13)15-8/h3-4H,1-2H3,(H,11,12,13)/b8-4+. The minimum atomic E-state index is -0.344. The highest BCUT2D eigenvalue weighted by Crippen LogP contribution is 2.27. The van der Waals surface area contributed by atoms with E-state index in [9.17, 15) is 9.59 Å². The van der Waals surface area contributed by atoms with Gasteiger partial charge in [0.2, 0.25) is 0 Å². The van der Waals surface area contributed by atoms with Crippen LogP contribution in [0.4, 0.5) is 4.79 Å². The molecule has 1 fully saturated rings. The second-order valence-corrected chi connectivity index (χ2v) is 4.24. The zero-order chi connectivity index (χ0) is 11.0. The van der Waals surface area contributed by atoms with Gasteiger partial charge in [-0.3, -0.25) is 14.9 Å². The number of hydrogen-bond acceptors (Lipinski definition) is 4. The summed E-state index contributed by atoms with van der Waals surface area (Å²) in [4.78, 5) is 22.6. The van der Waals surface area contributed by atoms with Gasteiger partial charge in [0.1, 0.15) is 11.5 Å². The topological polar surface area (TPSA) is 59.3 Å². The molecule has 0 unspecified atom stereocenters. The molecule has 2 heterocycles. The van der Waals surface area contributed by atoms with Gasteiger partial charge >= 0.3 is 0 Å². The zero-order valence-corrected chi connectivity index (χ0v) is 9.10. The predicted octanol–water partition coefficient (Wildman–Crippen LogP) is 2.22. The van der Waals surface area contributed by atoms with Crippen molar-refractivity contribution in [2.75, 3.05) is 0 Å². The van der Waals surface area contributed by atoms with E-state index in [1.54, 1.807) is 6.08 Å². The lowest BCUT2D eigenvalue weighted by molar-refractivity contribution is -0.115. The molecule has 0 spiro atoms. The summed E-state index contributed by atoms with van der Waals surface area (Å²) >= 11 is 0.906. The van der Waals surface area contributed by atoms with Crippen molar-refractivity contribution in [3.8, 4) is 0 Å². The maximum Gasteiger partial charge on any atom is 0.290 e. The number of amides is 2. The number of rotatable bonds is 1.